The highest BCUT2D eigenvalue weighted by atomic mass is 32.2. The second-order valence-electron chi connectivity index (χ2n) is 6.39. The number of carbonyl (C=O) groups excluding carboxylic acids is 1. The molecule has 2 N–H and O–H groups in total. The number of thioether (sulfide) groups is 1. The summed E-state index contributed by atoms with van der Waals surface area (Å²) in [6.45, 7) is 1.99. The first-order chi connectivity index (χ1) is 12.1. The first-order valence-electron chi connectivity index (χ1n) is 8.39. The smallest absolute Gasteiger partial charge is 0.224 e. The molecular formula is C20H19FN2OS. The molecule has 5 heteroatoms. The molecule has 1 unspecified atom stereocenters. The van der Waals surface area contributed by atoms with Gasteiger partial charge in [-0.05, 0) is 48.7 Å². The van der Waals surface area contributed by atoms with Crippen molar-refractivity contribution >= 4 is 28.6 Å². The third kappa shape index (κ3) is 3.16. The van der Waals surface area contributed by atoms with Crippen molar-refractivity contribution in [2.45, 2.75) is 30.7 Å². The predicted molar refractivity (Wildman–Crippen MR) is 99.4 cm³/mol. The van der Waals surface area contributed by atoms with E-state index in [1.54, 1.807) is 23.9 Å². The Hall–Kier alpha value is -2.27. The Bertz CT molecular complexity index is 950. The summed E-state index contributed by atoms with van der Waals surface area (Å²) in [5, 5.41) is 4.18. The standard InChI is InChI=1S/C20H19FN2OS/c1-12-15(14-4-2-3-5-17(14)22-12)11-20(24)23-18-8-9-25-19-7-6-13(21)10-16(18)19/h2-7,10,18,22H,8-9,11H2,1H3,(H,23,24). The van der Waals surface area contributed by atoms with E-state index >= 15 is 0 Å². The van der Waals surface area contributed by atoms with Crippen molar-refractivity contribution in [3.63, 3.8) is 0 Å². The zero-order valence-corrected chi connectivity index (χ0v) is 14.8. The molecule has 4 rings (SSSR count). The topological polar surface area (TPSA) is 44.9 Å². The van der Waals surface area contributed by atoms with Gasteiger partial charge in [-0.15, -0.1) is 11.8 Å². The minimum atomic E-state index is -0.257. The molecule has 0 fully saturated rings. The fourth-order valence-corrected chi connectivity index (χ4v) is 4.59. The zero-order valence-electron chi connectivity index (χ0n) is 13.9. The van der Waals surface area contributed by atoms with Crippen LogP contribution in [0, 0.1) is 12.7 Å². The van der Waals surface area contributed by atoms with E-state index in [2.05, 4.69) is 10.3 Å². The van der Waals surface area contributed by atoms with Crippen molar-refractivity contribution in [2.24, 2.45) is 0 Å². The number of H-pyrrole nitrogens is 1. The Morgan fingerprint density at radius 2 is 2.16 bits per heavy atom. The second kappa shape index (κ2) is 6.56. The highest BCUT2D eigenvalue weighted by Gasteiger charge is 2.23. The van der Waals surface area contributed by atoms with Crippen LogP contribution in [-0.4, -0.2) is 16.6 Å². The summed E-state index contributed by atoms with van der Waals surface area (Å²) in [6, 6.07) is 12.7. The molecule has 1 atom stereocenters. The van der Waals surface area contributed by atoms with Gasteiger partial charge in [0.25, 0.3) is 0 Å². The number of carbonyl (C=O) groups is 1. The third-order valence-corrected chi connectivity index (χ3v) is 5.83. The summed E-state index contributed by atoms with van der Waals surface area (Å²) in [5.74, 6) is 0.642. The van der Waals surface area contributed by atoms with E-state index in [0.29, 0.717) is 6.42 Å². The number of amides is 1. The van der Waals surface area contributed by atoms with E-state index in [1.165, 1.54) is 6.07 Å². The highest BCUT2D eigenvalue weighted by Crippen LogP contribution is 2.36. The van der Waals surface area contributed by atoms with Gasteiger partial charge in [0.2, 0.25) is 5.91 Å². The van der Waals surface area contributed by atoms with E-state index in [9.17, 15) is 9.18 Å². The number of hydrogen-bond donors (Lipinski definition) is 2. The molecule has 1 amide bonds. The first-order valence-corrected chi connectivity index (χ1v) is 9.38. The maximum atomic E-state index is 13.6. The lowest BCUT2D eigenvalue weighted by Crippen LogP contribution is -2.32. The van der Waals surface area contributed by atoms with Gasteiger partial charge in [-0.3, -0.25) is 4.79 Å². The Balaban J connectivity index is 1.55. The van der Waals surface area contributed by atoms with Crippen LogP contribution in [0.15, 0.2) is 47.4 Å². The minimum absolute atomic E-state index is 0.0278. The van der Waals surface area contributed by atoms with Crippen molar-refractivity contribution in [3.05, 3.63) is 65.1 Å². The predicted octanol–water partition coefficient (Wildman–Crippen LogP) is 4.51. The molecule has 0 saturated heterocycles. The summed E-state index contributed by atoms with van der Waals surface area (Å²) in [6.07, 6.45) is 1.14. The molecule has 3 nitrogen and oxygen atoms in total. The normalized spacial score (nSPS) is 16.6. The SMILES string of the molecule is Cc1[nH]c2ccccc2c1CC(=O)NC1CCSc2ccc(F)cc21. The van der Waals surface area contributed by atoms with Crippen molar-refractivity contribution in [2.75, 3.05) is 5.75 Å². The number of nitrogens with one attached hydrogen (secondary N) is 2. The maximum Gasteiger partial charge on any atom is 0.224 e. The number of fused-ring (bicyclic) bond motifs is 2. The van der Waals surface area contributed by atoms with Crippen LogP contribution in [0.2, 0.25) is 0 Å². The third-order valence-electron chi connectivity index (χ3n) is 4.71. The number of rotatable bonds is 3. The van der Waals surface area contributed by atoms with Crippen molar-refractivity contribution in [1.29, 1.82) is 0 Å². The monoisotopic (exact) mass is 354 g/mol. The van der Waals surface area contributed by atoms with Crippen molar-refractivity contribution < 1.29 is 9.18 Å². The van der Waals surface area contributed by atoms with Crippen LogP contribution >= 0.6 is 11.8 Å². The number of hydrogen-bond acceptors (Lipinski definition) is 2. The van der Waals surface area contributed by atoms with Crippen LogP contribution in [0.5, 0.6) is 0 Å². The Morgan fingerprint density at radius 1 is 1.32 bits per heavy atom. The molecule has 1 aliphatic heterocycles. The van der Waals surface area contributed by atoms with E-state index < -0.39 is 0 Å². The fourth-order valence-electron chi connectivity index (χ4n) is 3.48. The molecule has 0 aliphatic carbocycles. The van der Waals surface area contributed by atoms with Gasteiger partial charge in [-0.25, -0.2) is 4.39 Å². The molecule has 2 aromatic carbocycles. The minimum Gasteiger partial charge on any atom is -0.358 e. The summed E-state index contributed by atoms with van der Waals surface area (Å²) >= 11 is 1.71. The first kappa shape index (κ1) is 16.2. The molecular weight excluding hydrogens is 335 g/mol. The van der Waals surface area contributed by atoms with Gasteiger partial charge in [0, 0.05) is 27.2 Å². The van der Waals surface area contributed by atoms with Crippen LogP contribution < -0.4 is 5.32 Å². The number of benzene rings is 2. The van der Waals surface area contributed by atoms with E-state index in [-0.39, 0.29) is 17.8 Å². The number of para-hydroxylation sites is 1. The summed E-state index contributed by atoms with van der Waals surface area (Å²) in [5.41, 5.74) is 3.98. The Kier molecular flexibility index (Phi) is 4.25. The van der Waals surface area contributed by atoms with E-state index in [1.807, 2.05) is 31.2 Å². The van der Waals surface area contributed by atoms with Crippen LogP contribution in [-0.2, 0) is 11.2 Å². The average molecular weight is 354 g/mol. The fraction of sp³-hybridized carbons (Fsp3) is 0.250. The van der Waals surface area contributed by atoms with Crippen molar-refractivity contribution in [3.8, 4) is 0 Å². The Morgan fingerprint density at radius 3 is 3.04 bits per heavy atom. The second-order valence-corrected chi connectivity index (χ2v) is 7.53. The van der Waals surface area contributed by atoms with Gasteiger partial charge in [-0.1, -0.05) is 18.2 Å². The number of aromatic nitrogens is 1. The lowest BCUT2D eigenvalue weighted by Gasteiger charge is -2.26. The van der Waals surface area contributed by atoms with Crippen LogP contribution in [0.1, 0.15) is 29.3 Å². The van der Waals surface area contributed by atoms with E-state index in [4.69, 9.17) is 0 Å². The Labute approximate surface area is 150 Å². The highest BCUT2D eigenvalue weighted by molar-refractivity contribution is 7.99. The van der Waals surface area contributed by atoms with Crippen molar-refractivity contribution in [1.82, 2.24) is 10.3 Å². The number of halogens is 1. The van der Waals surface area contributed by atoms with Gasteiger partial charge >= 0.3 is 0 Å². The zero-order chi connectivity index (χ0) is 17.4. The molecule has 25 heavy (non-hydrogen) atoms. The van der Waals surface area contributed by atoms with Gasteiger partial charge < -0.3 is 10.3 Å². The lowest BCUT2D eigenvalue weighted by atomic mass is 10.0. The van der Waals surface area contributed by atoms with E-state index in [0.717, 1.165) is 44.8 Å². The molecule has 128 valence electrons. The molecule has 0 saturated carbocycles. The molecule has 2 heterocycles. The molecule has 1 aliphatic rings. The average Bonchev–Trinajstić information content (AvgIpc) is 2.91. The molecule has 1 aromatic heterocycles. The van der Waals surface area contributed by atoms with Gasteiger partial charge in [-0.2, -0.15) is 0 Å². The molecule has 0 bridgehead atoms. The summed E-state index contributed by atoms with van der Waals surface area (Å²) in [7, 11) is 0. The quantitative estimate of drug-likeness (QED) is 0.727. The summed E-state index contributed by atoms with van der Waals surface area (Å²) in [4.78, 5) is 17.0. The van der Waals surface area contributed by atoms with Gasteiger partial charge in [0.1, 0.15) is 5.82 Å². The largest absolute Gasteiger partial charge is 0.358 e. The maximum absolute atomic E-state index is 13.6. The molecule has 3 aromatic rings. The van der Waals surface area contributed by atoms with Crippen LogP contribution in [0.25, 0.3) is 10.9 Å². The molecule has 0 spiro atoms. The number of aromatic amines is 1. The summed E-state index contributed by atoms with van der Waals surface area (Å²) < 4.78 is 13.6. The molecule has 0 radical (unpaired) electrons. The lowest BCUT2D eigenvalue weighted by molar-refractivity contribution is -0.121. The number of aryl methyl sites for hydroxylation is 1. The van der Waals surface area contributed by atoms with Crippen LogP contribution in [0.3, 0.4) is 0 Å². The van der Waals surface area contributed by atoms with Gasteiger partial charge in [0.15, 0.2) is 0 Å². The van der Waals surface area contributed by atoms with Gasteiger partial charge in [0.05, 0.1) is 12.5 Å². The van der Waals surface area contributed by atoms with Crippen LogP contribution in [0.4, 0.5) is 4.39 Å².